The van der Waals surface area contributed by atoms with Crippen molar-refractivity contribution in [2.75, 3.05) is 13.2 Å². The van der Waals surface area contributed by atoms with Crippen molar-refractivity contribution in [1.82, 2.24) is 15.3 Å². The Morgan fingerprint density at radius 3 is 2.84 bits per heavy atom. The first-order valence-corrected chi connectivity index (χ1v) is 8.69. The molecule has 1 atom stereocenters. The lowest BCUT2D eigenvalue weighted by Crippen LogP contribution is -2.28. The van der Waals surface area contributed by atoms with Gasteiger partial charge in [0.25, 0.3) is 0 Å². The molecule has 0 radical (unpaired) electrons. The number of aromatic nitrogens is 2. The first kappa shape index (κ1) is 19.2. The van der Waals surface area contributed by atoms with Gasteiger partial charge in [-0.1, -0.05) is 24.3 Å². The number of hydrogen-bond donors (Lipinski definition) is 1. The zero-order valence-electron chi connectivity index (χ0n) is 14.7. The summed E-state index contributed by atoms with van der Waals surface area (Å²) in [7, 11) is 0. The molecule has 0 unspecified atom stereocenters. The molecule has 0 fully saturated rings. The summed E-state index contributed by atoms with van der Waals surface area (Å²) in [5, 5.41) is 4.00. The molecule has 0 aliphatic heterocycles. The molecular formula is C19H24ClN3O2. The monoisotopic (exact) mass is 361 g/mol. The van der Waals surface area contributed by atoms with E-state index in [9.17, 15) is 0 Å². The summed E-state index contributed by atoms with van der Waals surface area (Å²) in [6.07, 6.45) is 7.65. The van der Waals surface area contributed by atoms with E-state index >= 15 is 0 Å². The zero-order chi connectivity index (χ0) is 18.1. The van der Waals surface area contributed by atoms with Crippen LogP contribution in [0.15, 0.2) is 43.4 Å². The second-order valence-electron chi connectivity index (χ2n) is 5.62. The summed E-state index contributed by atoms with van der Waals surface area (Å²) in [6.45, 7) is 9.29. The van der Waals surface area contributed by atoms with Gasteiger partial charge in [-0.05, 0) is 31.5 Å². The number of ether oxygens (including phenoxy) is 2. The predicted molar refractivity (Wildman–Crippen MR) is 100 cm³/mol. The van der Waals surface area contributed by atoms with Crippen molar-refractivity contribution in [2.45, 2.75) is 32.9 Å². The number of rotatable bonds is 10. The molecule has 0 saturated heterocycles. The number of nitrogens with one attached hydrogen (secondary N) is 1. The van der Waals surface area contributed by atoms with Crippen LogP contribution in [-0.2, 0) is 13.0 Å². The van der Waals surface area contributed by atoms with Gasteiger partial charge in [0.1, 0.15) is 6.61 Å². The van der Waals surface area contributed by atoms with Crippen LogP contribution in [0.25, 0.3) is 0 Å². The van der Waals surface area contributed by atoms with Crippen molar-refractivity contribution in [1.29, 1.82) is 0 Å². The molecule has 1 aromatic heterocycles. The van der Waals surface area contributed by atoms with E-state index in [0.29, 0.717) is 36.3 Å². The second-order valence-corrected chi connectivity index (χ2v) is 6.03. The Morgan fingerprint density at radius 1 is 1.32 bits per heavy atom. The molecule has 0 aliphatic carbocycles. The number of hydrogen-bond acceptors (Lipinski definition) is 5. The van der Waals surface area contributed by atoms with Gasteiger partial charge in [0.15, 0.2) is 11.5 Å². The van der Waals surface area contributed by atoms with E-state index in [0.717, 1.165) is 17.7 Å². The molecule has 1 N–H and O–H groups in total. The minimum absolute atomic E-state index is 0.253. The summed E-state index contributed by atoms with van der Waals surface area (Å²) in [4.78, 5) is 8.39. The molecule has 5 nitrogen and oxygen atoms in total. The number of nitrogens with zero attached hydrogens (tertiary/aromatic N) is 2. The van der Waals surface area contributed by atoms with Crippen LogP contribution in [0.1, 0.15) is 25.1 Å². The summed E-state index contributed by atoms with van der Waals surface area (Å²) in [5.74, 6) is 1.20. The van der Waals surface area contributed by atoms with Gasteiger partial charge in [-0.25, -0.2) is 0 Å². The SMILES string of the molecule is C=CCOc1c(Cl)cc(CN[C@@H](C)Cc2cnccn2)cc1OCC. The Labute approximate surface area is 154 Å². The summed E-state index contributed by atoms with van der Waals surface area (Å²) < 4.78 is 11.3. The summed E-state index contributed by atoms with van der Waals surface area (Å²) >= 11 is 6.37. The first-order chi connectivity index (χ1) is 12.1. The van der Waals surface area contributed by atoms with Crippen LogP contribution in [0, 0.1) is 0 Å². The fourth-order valence-corrected chi connectivity index (χ4v) is 2.67. The van der Waals surface area contributed by atoms with Crippen LogP contribution < -0.4 is 14.8 Å². The molecular weight excluding hydrogens is 338 g/mol. The number of halogens is 1. The van der Waals surface area contributed by atoms with Crippen LogP contribution in [0.4, 0.5) is 0 Å². The van der Waals surface area contributed by atoms with E-state index in [-0.39, 0.29) is 6.04 Å². The van der Waals surface area contributed by atoms with E-state index in [1.54, 1.807) is 24.7 Å². The van der Waals surface area contributed by atoms with Crippen LogP contribution >= 0.6 is 11.6 Å². The van der Waals surface area contributed by atoms with Crippen LogP contribution in [-0.4, -0.2) is 29.2 Å². The highest BCUT2D eigenvalue weighted by molar-refractivity contribution is 6.32. The lowest BCUT2D eigenvalue weighted by atomic mass is 10.1. The van der Waals surface area contributed by atoms with Crippen molar-refractivity contribution < 1.29 is 9.47 Å². The highest BCUT2D eigenvalue weighted by Gasteiger charge is 2.13. The van der Waals surface area contributed by atoms with Crippen molar-refractivity contribution >= 4 is 11.6 Å². The Hall–Kier alpha value is -2.11. The van der Waals surface area contributed by atoms with Gasteiger partial charge >= 0.3 is 0 Å². The fourth-order valence-electron chi connectivity index (χ4n) is 2.38. The Bertz CT molecular complexity index is 680. The quantitative estimate of drug-likeness (QED) is 0.652. The van der Waals surface area contributed by atoms with Crippen molar-refractivity contribution in [3.63, 3.8) is 0 Å². The summed E-state index contributed by atoms with van der Waals surface area (Å²) in [5.41, 5.74) is 1.99. The van der Waals surface area contributed by atoms with E-state index in [4.69, 9.17) is 21.1 Å². The van der Waals surface area contributed by atoms with Gasteiger partial charge < -0.3 is 14.8 Å². The third-order valence-electron chi connectivity index (χ3n) is 3.50. The van der Waals surface area contributed by atoms with Gasteiger partial charge in [0, 0.05) is 37.6 Å². The maximum atomic E-state index is 6.37. The zero-order valence-corrected chi connectivity index (χ0v) is 15.4. The minimum atomic E-state index is 0.253. The lowest BCUT2D eigenvalue weighted by molar-refractivity contribution is 0.296. The lowest BCUT2D eigenvalue weighted by Gasteiger charge is -2.17. The van der Waals surface area contributed by atoms with Crippen molar-refractivity contribution in [2.24, 2.45) is 0 Å². The normalized spacial score (nSPS) is 11.8. The third kappa shape index (κ3) is 6.03. The molecule has 2 aromatic rings. The standard InChI is InChI=1S/C19H24ClN3O2/c1-4-8-25-19-17(20)10-15(11-18(19)24-5-2)12-23-14(3)9-16-13-21-6-7-22-16/h4,6-7,10-11,13-14,23H,1,5,8-9,12H2,2-3H3/t14-/m0/s1. The second kappa shape index (κ2) is 10.0. The van der Waals surface area contributed by atoms with Crippen molar-refractivity contribution in [3.8, 4) is 11.5 Å². The minimum Gasteiger partial charge on any atom is -0.490 e. The highest BCUT2D eigenvalue weighted by Crippen LogP contribution is 2.36. The Kier molecular flexibility index (Phi) is 7.70. The van der Waals surface area contributed by atoms with E-state index < -0.39 is 0 Å². The van der Waals surface area contributed by atoms with Gasteiger partial charge in [0.2, 0.25) is 0 Å². The molecule has 1 heterocycles. The molecule has 1 aromatic carbocycles. The smallest absolute Gasteiger partial charge is 0.180 e. The molecule has 2 rings (SSSR count). The molecule has 0 spiro atoms. The van der Waals surface area contributed by atoms with Crippen LogP contribution in [0.5, 0.6) is 11.5 Å². The molecule has 0 aliphatic rings. The average Bonchev–Trinajstić information content (AvgIpc) is 2.60. The highest BCUT2D eigenvalue weighted by atomic mass is 35.5. The van der Waals surface area contributed by atoms with Gasteiger partial charge in [0.05, 0.1) is 17.3 Å². The molecule has 0 amide bonds. The third-order valence-corrected chi connectivity index (χ3v) is 3.78. The fraction of sp³-hybridized carbons (Fsp3) is 0.368. The molecule has 0 bridgehead atoms. The first-order valence-electron chi connectivity index (χ1n) is 8.31. The van der Waals surface area contributed by atoms with E-state index in [2.05, 4.69) is 28.8 Å². The maximum Gasteiger partial charge on any atom is 0.180 e. The Morgan fingerprint density at radius 2 is 2.16 bits per heavy atom. The largest absolute Gasteiger partial charge is 0.490 e. The van der Waals surface area contributed by atoms with Crippen LogP contribution in [0.2, 0.25) is 5.02 Å². The van der Waals surface area contributed by atoms with Gasteiger partial charge in [-0.15, -0.1) is 0 Å². The molecule has 25 heavy (non-hydrogen) atoms. The molecule has 0 saturated carbocycles. The molecule has 6 heteroatoms. The van der Waals surface area contributed by atoms with Crippen LogP contribution in [0.3, 0.4) is 0 Å². The Balaban J connectivity index is 2.02. The predicted octanol–water partition coefficient (Wildman–Crippen LogP) is 3.81. The average molecular weight is 362 g/mol. The number of benzene rings is 1. The van der Waals surface area contributed by atoms with E-state index in [1.807, 2.05) is 19.1 Å². The topological polar surface area (TPSA) is 56.3 Å². The summed E-state index contributed by atoms with van der Waals surface area (Å²) in [6, 6.07) is 4.10. The van der Waals surface area contributed by atoms with Gasteiger partial charge in [-0.2, -0.15) is 0 Å². The maximum absolute atomic E-state index is 6.37. The van der Waals surface area contributed by atoms with E-state index in [1.165, 1.54) is 0 Å². The van der Waals surface area contributed by atoms with Crippen molar-refractivity contribution in [3.05, 3.63) is 59.7 Å². The van der Waals surface area contributed by atoms with Gasteiger partial charge in [-0.3, -0.25) is 9.97 Å². The molecule has 134 valence electrons.